The number of aromatic hydroxyl groups is 1. The molecule has 1 aliphatic carbocycles. The van der Waals surface area contributed by atoms with Crippen LogP contribution in [0.2, 0.25) is 0 Å². The van der Waals surface area contributed by atoms with Gasteiger partial charge in [0, 0.05) is 54.7 Å². The van der Waals surface area contributed by atoms with Crippen molar-refractivity contribution in [3.63, 3.8) is 0 Å². The van der Waals surface area contributed by atoms with Crippen LogP contribution < -0.4 is 11.3 Å². The molecule has 4 N–H and O–H groups in total. The second-order valence-corrected chi connectivity index (χ2v) is 20.1. The monoisotopic (exact) mass is 902 g/mol. The molecule has 8 rings (SSSR count). The number of nitrogens with zero attached hydrogens (tertiary/aromatic N) is 4. The Balaban J connectivity index is 1.23. The number of Topliss-reactive ketones (excluding diaryl/α,β-unsaturated/α-hetero) is 1. The highest BCUT2D eigenvalue weighted by molar-refractivity contribution is 6.03. The summed E-state index contributed by atoms with van der Waals surface area (Å²) in [7, 11) is 1.67. The Labute approximate surface area is 387 Å². The summed E-state index contributed by atoms with van der Waals surface area (Å²) in [4.78, 5) is 62.2. The molecule has 5 heterocycles. The van der Waals surface area contributed by atoms with Crippen molar-refractivity contribution in [2.24, 2.45) is 29.0 Å². The van der Waals surface area contributed by atoms with Crippen LogP contribution in [0.25, 0.3) is 33.3 Å². The van der Waals surface area contributed by atoms with Gasteiger partial charge in [-0.2, -0.15) is 0 Å². The molecule has 2 amide bonds. The first kappa shape index (κ1) is 47.1. The molecule has 4 unspecified atom stereocenters. The lowest BCUT2D eigenvalue weighted by Crippen LogP contribution is -2.63. The molecule has 0 radical (unpaired) electrons. The lowest BCUT2D eigenvalue weighted by molar-refractivity contribution is -0.158. The number of ether oxygens (including phenoxy) is 3. The van der Waals surface area contributed by atoms with E-state index >= 15 is 0 Å². The predicted molar refractivity (Wildman–Crippen MR) is 251 cm³/mol. The van der Waals surface area contributed by atoms with E-state index in [2.05, 4.69) is 49.0 Å². The van der Waals surface area contributed by atoms with Crippen LogP contribution >= 0.6 is 0 Å². The van der Waals surface area contributed by atoms with E-state index in [-0.39, 0.29) is 43.1 Å². The topological polar surface area (TPSA) is 179 Å². The van der Waals surface area contributed by atoms with Crippen LogP contribution in [0.4, 0.5) is 0 Å². The van der Waals surface area contributed by atoms with E-state index < -0.39 is 46.8 Å². The van der Waals surface area contributed by atoms with Crippen molar-refractivity contribution in [2.75, 3.05) is 26.9 Å². The molecule has 4 aromatic rings. The number of phenols is 1. The smallest absolute Gasteiger partial charge is 0.324 e. The summed E-state index contributed by atoms with van der Waals surface area (Å²) < 4.78 is 20.3. The molecule has 8 bridgehead atoms. The van der Waals surface area contributed by atoms with E-state index in [9.17, 15) is 24.3 Å². The molecule has 6 atom stereocenters. The molecule has 4 aliphatic rings. The molecular formula is C52H66N6O8. The number of fused-ring (bicyclic) bond motifs is 8. The molecule has 2 aromatic carbocycles. The van der Waals surface area contributed by atoms with E-state index in [0.717, 1.165) is 50.4 Å². The zero-order chi connectivity index (χ0) is 47.2. The van der Waals surface area contributed by atoms with Gasteiger partial charge in [0.25, 0.3) is 5.91 Å². The Bertz CT molecular complexity index is 2550. The number of hydrazine groups is 2. The van der Waals surface area contributed by atoms with Gasteiger partial charge in [0.15, 0.2) is 5.78 Å². The Kier molecular flexibility index (Phi) is 13.3. The Hall–Kier alpha value is -5.41. The second-order valence-electron chi connectivity index (χ2n) is 20.1. The number of carbonyl (C=O) groups is 4. The number of nitrogens with one attached hydrogen (secondary N) is 1. The third-order valence-corrected chi connectivity index (χ3v) is 14.3. The van der Waals surface area contributed by atoms with E-state index in [1.54, 1.807) is 38.4 Å². The zero-order valence-corrected chi connectivity index (χ0v) is 39.7. The molecule has 0 spiro atoms. The Morgan fingerprint density at radius 2 is 1.89 bits per heavy atom. The first-order chi connectivity index (χ1) is 31.4. The molecule has 3 fully saturated rings. The number of rotatable bonds is 10. The standard InChI is InChI=1S/C52H66N6O8/c1-9-56-43-15-14-35-25-40(43)41(46(56)38-12-10-18-54-45(38)32(5)64-8)27-51(6,7)29-65-50(63)42-13-11-19-57(55-42)49(62)44(23-34-21-36(35)24-37(59)22-34)58(53)48(61)39(30(2)3)20-31(4)47(60)52-17-16-33(26-52)28-66-52/h10,12,14-15,18,20-22,24-25,30,32-33,39,42,44,55,59H,9,11,13,16-17,19,23,26-29,53H2,1-8H3/t32-,33?,39?,42-,44?,52?/m0/s1. The zero-order valence-electron chi connectivity index (χ0n) is 39.7. The number of pyridine rings is 1. The Morgan fingerprint density at radius 3 is 2.58 bits per heavy atom. The van der Waals surface area contributed by atoms with Gasteiger partial charge >= 0.3 is 5.97 Å². The SMILES string of the molecule is CCn1c(-c2cccnc2[C@H](C)OC)c2c3cc(ccc31)-c1cc(O)cc(c1)CC(N(N)C(=O)C(C=C(C)C(=O)C13CCC(CO1)C3)C(C)C)C(=O)N1CCC[C@H](N1)C(=O)OCC(C)(C)C2. The number of phenolic OH excluding ortho intramolecular Hbond substituents is 1. The quantitative estimate of drug-likeness (QED) is 0.0475. The molecular weight excluding hydrogens is 837 g/mol. The van der Waals surface area contributed by atoms with Gasteiger partial charge in [-0.25, -0.2) is 11.3 Å². The van der Waals surface area contributed by atoms with Crippen LogP contribution in [-0.2, 0) is 52.8 Å². The number of aromatic nitrogens is 2. The van der Waals surface area contributed by atoms with Crippen molar-refractivity contribution in [3.05, 3.63) is 83.2 Å². The summed E-state index contributed by atoms with van der Waals surface area (Å²) in [6.45, 7) is 15.3. The van der Waals surface area contributed by atoms with Crippen molar-refractivity contribution in [3.8, 4) is 28.1 Å². The number of benzene rings is 2. The number of esters is 1. The van der Waals surface area contributed by atoms with Crippen LogP contribution in [0, 0.1) is 23.2 Å². The Morgan fingerprint density at radius 1 is 1.11 bits per heavy atom. The number of cyclic esters (lactones) is 1. The van der Waals surface area contributed by atoms with Crippen molar-refractivity contribution in [1.82, 2.24) is 25.0 Å². The summed E-state index contributed by atoms with van der Waals surface area (Å²) in [6.07, 6.45) is 6.88. The predicted octanol–water partition coefficient (Wildman–Crippen LogP) is 7.39. The number of methoxy groups -OCH3 is 1. The number of amides is 2. The minimum atomic E-state index is -1.26. The van der Waals surface area contributed by atoms with Gasteiger partial charge in [0.2, 0.25) is 5.91 Å². The number of hydrogen-bond donors (Lipinski definition) is 3. The first-order valence-corrected chi connectivity index (χ1v) is 23.6. The number of nitrogens with two attached hydrogens (primary N) is 1. The largest absolute Gasteiger partial charge is 0.508 e. The average Bonchev–Trinajstić information content (AvgIpc) is 4.02. The minimum Gasteiger partial charge on any atom is -0.508 e. The molecule has 3 aliphatic heterocycles. The highest BCUT2D eigenvalue weighted by atomic mass is 16.5. The van der Waals surface area contributed by atoms with Crippen LogP contribution in [0.3, 0.4) is 0 Å². The van der Waals surface area contributed by atoms with Crippen molar-refractivity contribution in [1.29, 1.82) is 0 Å². The van der Waals surface area contributed by atoms with Gasteiger partial charge in [-0.15, -0.1) is 0 Å². The maximum absolute atomic E-state index is 14.8. The van der Waals surface area contributed by atoms with Crippen LogP contribution in [0.5, 0.6) is 5.75 Å². The van der Waals surface area contributed by atoms with Crippen molar-refractivity contribution in [2.45, 2.75) is 124 Å². The number of aryl methyl sites for hydroxylation is 1. The van der Waals surface area contributed by atoms with Crippen LogP contribution in [0.15, 0.2) is 66.4 Å². The maximum atomic E-state index is 14.8. The minimum absolute atomic E-state index is 0.0153. The van der Waals surface area contributed by atoms with Gasteiger partial charge in [0.05, 0.1) is 36.6 Å². The summed E-state index contributed by atoms with van der Waals surface area (Å²) in [5, 5.41) is 14.7. The fraction of sp³-hybridized carbons (Fsp3) is 0.519. The summed E-state index contributed by atoms with van der Waals surface area (Å²) >= 11 is 0. The summed E-state index contributed by atoms with van der Waals surface area (Å²) in [6, 6.07) is 13.4. The average molecular weight is 903 g/mol. The van der Waals surface area contributed by atoms with Gasteiger partial charge in [-0.1, -0.05) is 45.9 Å². The lowest BCUT2D eigenvalue weighted by atomic mass is 9.84. The highest BCUT2D eigenvalue weighted by Gasteiger charge is 2.52. The van der Waals surface area contributed by atoms with Gasteiger partial charge in [-0.05, 0) is 135 Å². The maximum Gasteiger partial charge on any atom is 0.324 e. The molecule has 1 saturated carbocycles. The molecule has 352 valence electrons. The van der Waals surface area contributed by atoms with Crippen LogP contribution in [0.1, 0.15) is 103 Å². The van der Waals surface area contributed by atoms with Gasteiger partial charge in [-0.3, -0.25) is 34.2 Å². The molecule has 66 heavy (non-hydrogen) atoms. The fourth-order valence-corrected chi connectivity index (χ4v) is 10.7. The number of hydrogen-bond acceptors (Lipinski definition) is 11. The van der Waals surface area contributed by atoms with E-state index in [1.165, 1.54) is 5.01 Å². The third kappa shape index (κ3) is 9.04. The fourth-order valence-electron chi connectivity index (χ4n) is 10.7. The molecule has 14 heteroatoms. The summed E-state index contributed by atoms with van der Waals surface area (Å²) in [5.41, 5.74) is 9.12. The van der Waals surface area contributed by atoms with Crippen molar-refractivity contribution < 1.29 is 38.5 Å². The van der Waals surface area contributed by atoms with Crippen molar-refractivity contribution >= 4 is 34.5 Å². The lowest BCUT2D eigenvalue weighted by Gasteiger charge is -2.38. The van der Waals surface area contributed by atoms with E-state index in [1.807, 2.05) is 39.0 Å². The molecule has 14 nitrogen and oxygen atoms in total. The normalized spacial score (nSPS) is 24.3. The number of carbonyl (C=O) groups excluding carboxylic acids is 4. The second kappa shape index (κ2) is 18.7. The number of ketones is 1. The summed E-state index contributed by atoms with van der Waals surface area (Å²) in [5.74, 6) is 4.45. The van der Waals surface area contributed by atoms with Gasteiger partial charge < -0.3 is 23.9 Å². The third-order valence-electron chi connectivity index (χ3n) is 14.3. The first-order valence-electron chi connectivity index (χ1n) is 23.6. The van der Waals surface area contributed by atoms with Crippen LogP contribution in [-0.4, -0.2) is 92.8 Å². The van der Waals surface area contributed by atoms with Gasteiger partial charge in [0.1, 0.15) is 23.4 Å². The molecule has 2 aromatic heterocycles. The van der Waals surface area contributed by atoms with E-state index in [4.69, 9.17) is 25.0 Å². The molecule has 2 saturated heterocycles. The van der Waals surface area contributed by atoms with E-state index in [0.29, 0.717) is 67.9 Å². The highest BCUT2D eigenvalue weighted by Crippen LogP contribution is 2.46.